The van der Waals surface area contributed by atoms with E-state index >= 15 is 0 Å². The summed E-state index contributed by atoms with van der Waals surface area (Å²) < 4.78 is 0. The van der Waals surface area contributed by atoms with E-state index in [1.165, 1.54) is 75.3 Å². The third kappa shape index (κ3) is 9.05. The summed E-state index contributed by atoms with van der Waals surface area (Å²) in [5, 5.41) is 2.32. The molecule has 0 saturated heterocycles. The molecule has 12 rings (SSSR count). The number of aromatic nitrogens is 6. The lowest BCUT2D eigenvalue weighted by Gasteiger charge is -2.22. The van der Waals surface area contributed by atoms with Crippen LogP contribution in [0.1, 0.15) is 87.2 Å². The van der Waals surface area contributed by atoms with Crippen molar-refractivity contribution in [1.82, 2.24) is 29.9 Å². The molecule has 6 nitrogen and oxygen atoms in total. The van der Waals surface area contributed by atoms with Crippen molar-refractivity contribution < 1.29 is 0 Å². The molecule has 2 aliphatic carbocycles. The molecular formula is C64H54N6. The maximum Gasteiger partial charge on any atom is 0.164 e. The second kappa shape index (κ2) is 19.6. The van der Waals surface area contributed by atoms with Crippen LogP contribution in [0.2, 0.25) is 0 Å². The molecule has 0 spiro atoms. The van der Waals surface area contributed by atoms with E-state index in [9.17, 15) is 0 Å². The van der Waals surface area contributed by atoms with E-state index in [-0.39, 0.29) is 0 Å². The minimum atomic E-state index is 0.633. The van der Waals surface area contributed by atoms with Crippen molar-refractivity contribution in [2.45, 2.75) is 76.0 Å². The average Bonchev–Trinajstić information content (AvgIpc) is 3.45. The van der Waals surface area contributed by atoms with Crippen molar-refractivity contribution >= 4 is 10.8 Å². The number of fused-ring (bicyclic) bond motifs is 1. The van der Waals surface area contributed by atoms with Gasteiger partial charge in [-0.25, -0.2) is 29.9 Å². The summed E-state index contributed by atoms with van der Waals surface area (Å²) in [6.07, 6.45) is 13.0. The molecule has 2 aliphatic rings. The Kier molecular flexibility index (Phi) is 12.1. The Bertz CT molecular complexity index is 3200. The van der Waals surface area contributed by atoms with Crippen LogP contribution in [0.4, 0.5) is 0 Å². The first-order valence-corrected chi connectivity index (χ1v) is 25.2. The van der Waals surface area contributed by atoms with Gasteiger partial charge in [-0.2, -0.15) is 0 Å². The molecule has 0 bridgehead atoms. The molecule has 70 heavy (non-hydrogen) atoms. The van der Waals surface area contributed by atoms with Crippen molar-refractivity contribution in [3.05, 3.63) is 205 Å². The summed E-state index contributed by atoms with van der Waals surface area (Å²) in [7, 11) is 0. The van der Waals surface area contributed by atoms with Gasteiger partial charge in [-0.1, -0.05) is 221 Å². The van der Waals surface area contributed by atoms with Gasteiger partial charge in [-0.05, 0) is 93.8 Å². The summed E-state index contributed by atoms with van der Waals surface area (Å²) in [6.45, 7) is 0. The Balaban J connectivity index is 0.919. The third-order valence-electron chi connectivity index (χ3n) is 14.6. The fourth-order valence-corrected chi connectivity index (χ4v) is 10.9. The molecule has 0 aliphatic heterocycles. The van der Waals surface area contributed by atoms with Crippen molar-refractivity contribution in [2.75, 3.05) is 0 Å². The number of nitrogens with zero attached hydrogens (tertiary/aromatic N) is 6. The molecule has 2 heterocycles. The summed E-state index contributed by atoms with van der Waals surface area (Å²) >= 11 is 0. The predicted molar refractivity (Wildman–Crippen MR) is 286 cm³/mol. The van der Waals surface area contributed by atoms with Crippen LogP contribution in [0.5, 0.6) is 0 Å². The zero-order valence-electron chi connectivity index (χ0n) is 39.4. The van der Waals surface area contributed by atoms with Crippen molar-refractivity contribution in [1.29, 1.82) is 0 Å². The van der Waals surface area contributed by atoms with Gasteiger partial charge >= 0.3 is 0 Å². The van der Waals surface area contributed by atoms with Crippen LogP contribution >= 0.6 is 0 Å². The topological polar surface area (TPSA) is 77.3 Å². The normalized spacial score (nSPS) is 14.5. The third-order valence-corrected chi connectivity index (χ3v) is 14.6. The van der Waals surface area contributed by atoms with Gasteiger partial charge in [0.15, 0.2) is 34.9 Å². The second-order valence-corrected chi connectivity index (χ2v) is 19.1. The first-order chi connectivity index (χ1) is 34.7. The molecule has 0 N–H and O–H groups in total. The van der Waals surface area contributed by atoms with Gasteiger partial charge in [0.1, 0.15) is 0 Å². The van der Waals surface area contributed by atoms with Crippen LogP contribution in [0.15, 0.2) is 194 Å². The quantitative estimate of drug-likeness (QED) is 0.136. The molecule has 2 saturated carbocycles. The zero-order valence-corrected chi connectivity index (χ0v) is 39.4. The molecule has 8 aromatic carbocycles. The molecule has 6 heteroatoms. The van der Waals surface area contributed by atoms with E-state index in [2.05, 4.69) is 158 Å². The fraction of sp³-hybridized carbons (Fsp3) is 0.188. The second-order valence-electron chi connectivity index (χ2n) is 19.1. The number of hydrogen-bond donors (Lipinski definition) is 0. The van der Waals surface area contributed by atoms with E-state index in [1.807, 2.05) is 36.4 Å². The number of benzene rings is 8. The standard InChI is InChI=1S/C64H54N6/c1-5-17-43(18-6-1)45-33-37-50(38-34-45)61-65-59(48-21-9-3-10-22-48)67-63(69-61)54-29-13-27-52(41-54)56-31-15-25-47-26-16-32-57(58(47)56)53-28-14-30-55(42-53)64-68-60(49-23-11-4-12-24-49)66-62(70-64)51-39-35-46(36-40-51)44-19-7-2-8-20-44/h3-4,9-16,21-44H,1-2,5-8,17-20H2. The Hall–Kier alpha value is -7.96. The first-order valence-electron chi connectivity index (χ1n) is 25.2. The van der Waals surface area contributed by atoms with Gasteiger partial charge in [0.25, 0.3) is 0 Å². The van der Waals surface area contributed by atoms with Crippen LogP contribution in [-0.2, 0) is 0 Å². The van der Waals surface area contributed by atoms with Gasteiger partial charge in [0.05, 0.1) is 0 Å². The molecule has 0 unspecified atom stereocenters. The molecule has 0 radical (unpaired) electrons. The van der Waals surface area contributed by atoms with Gasteiger partial charge in [0.2, 0.25) is 0 Å². The van der Waals surface area contributed by atoms with E-state index < -0.39 is 0 Å². The van der Waals surface area contributed by atoms with Crippen LogP contribution in [-0.4, -0.2) is 29.9 Å². The maximum atomic E-state index is 5.18. The van der Waals surface area contributed by atoms with E-state index in [0.29, 0.717) is 46.8 Å². The fourth-order valence-electron chi connectivity index (χ4n) is 10.9. The van der Waals surface area contributed by atoms with Gasteiger partial charge in [-0.3, -0.25) is 0 Å². The Morgan fingerprint density at radius 3 is 0.957 bits per heavy atom. The molecule has 2 aromatic heterocycles. The Morgan fingerprint density at radius 1 is 0.257 bits per heavy atom. The highest BCUT2D eigenvalue weighted by Gasteiger charge is 2.20. The van der Waals surface area contributed by atoms with E-state index in [1.54, 1.807) is 0 Å². The van der Waals surface area contributed by atoms with Crippen molar-refractivity contribution in [2.24, 2.45) is 0 Å². The average molecular weight is 907 g/mol. The minimum absolute atomic E-state index is 0.633. The lowest BCUT2D eigenvalue weighted by Crippen LogP contribution is -2.04. The smallest absolute Gasteiger partial charge is 0.164 e. The summed E-state index contributed by atoms with van der Waals surface area (Å²) in [4.78, 5) is 30.7. The summed E-state index contributed by atoms with van der Waals surface area (Å²) in [5.41, 5.74) is 13.0. The maximum absolute atomic E-state index is 5.18. The molecule has 10 aromatic rings. The van der Waals surface area contributed by atoms with Gasteiger partial charge in [0, 0.05) is 33.4 Å². The number of rotatable bonds is 10. The Morgan fingerprint density at radius 2 is 0.571 bits per heavy atom. The van der Waals surface area contributed by atoms with Crippen LogP contribution in [0.3, 0.4) is 0 Å². The first kappa shape index (κ1) is 43.3. The van der Waals surface area contributed by atoms with Crippen LogP contribution in [0.25, 0.3) is 101 Å². The van der Waals surface area contributed by atoms with Crippen LogP contribution in [0, 0.1) is 0 Å². The van der Waals surface area contributed by atoms with E-state index in [0.717, 1.165) is 66.4 Å². The molecule has 2 fully saturated rings. The highest BCUT2D eigenvalue weighted by atomic mass is 15.0. The monoisotopic (exact) mass is 906 g/mol. The highest BCUT2D eigenvalue weighted by molar-refractivity contribution is 6.07. The lowest BCUT2D eigenvalue weighted by atomic mass is 9.84. The molecule has 0 atom stereocenters. The van der Waals surface area contributed by atoms with E-state index in [4.69, 9.17) is 29.9 Å². The van der Waals surface area contributed by atoms with Crippen molar-refractivity contribution in [3.63, 3.8) is 0 Å². The minimum Gasteiger partial charge on any atom is -0.208 e. The lowest BCUT2D eigenvalue weighted by molar-refractivity contribution is 0.443. The van der Waals surface area contributed by atoms with Crippen molar-refractivity contribution in [3.8, 4) is 90.6 Å². The Labute approximate surface area is 410 Å². The SMILES string of the molecule is c1ccc(-c2nc(-c3ccc(C4CCCCC4)cc3)nc(-c3cccc(-c4cccc5cccc(-c6cccc(-c7nc(-c8ccccc8)nc(-c8ccc(C9CCCCC9)cc8)n7)c6)c45)c3)n2)cc1. The predicted octanol–water partition coefficient (Wildman–Crippen LogP) is 16.6. The molecular weight excluding hydrogens is 853 g/mol. The van der Waals surface area contributed by atoms with Gasteiger partial charge < -0.3 is 0 Å². The number of hydrogen-bond acceptors (Lipinski definition) is 6. The van der Waals surface area contributed by atoms with Gasteiger partial charge in [-0.15, -0.1) is 0 Å². The zero-order chi connectivity index (χ0) is 46.6. The molecule has 0 amide bonds. The van der Waals surface area contributed by atoms with Crippen LogP contribution < -0.4 is 0 Å². The highest BCUT2D eigenvalue weighted by Crippen LogP contribution is 2.40. The molecule has 340 valence electrons. The summed E-state index contributed by atoms with van der Waals surface area (Å²) in [5.74, 6) is 5.20. The summed E-state index contributed by atoms with van der Waals surface area (Å²) in [6, 6.07) is 68.8. The largest absolute Gasteiger partial charge is 0.208 e.